The summed E-state index contributed by atoms with van der Waals surface area (Å²) in [4.78, 5) is 11.7. The molecule has 102 valence electrons. The second kappa shape index (κ2) is 5.48. The Hall–Kier alpha value is -1.75. The first-order valence-corrected chi connectivity index (χ1v) is 6.41. The highest BCUT2D eigenvalue weighted by Gasteiger charge is 2.16. The minimum absolute atomic E-state index is 0.118. The van der Waals surface area contributed by atoms with E-state index in [1.54, 1.807) is 6.07 Å². The number of aryl methyl sites for hydroxylation is 1. The summed E-state index contributed by atoms with van der Waals surface area (Å²) in [7, 11) is 0. The third-order valence-electron chi connectivity index (χ3n) is 2.95. The summed E-state index contributed by atoms with van der Waals surface area (Å²) in [5.74, 6) is 0.911. The van der Waals surface area contributed by atoms with Crippen molar-refractivity contribution < 1.29 is 4.39 Å². The Bertz CT molecular complexity index is 545. The van der Waals surface area contributed by atoms with Crippen molar-refractivity contribution in [3.05, 3.63) is 35.7 Å². The molecule has 2 heterocycles. The third-order valence-corrected chi connectivity index (χ3v) is 2.95. The molecular formula is C14H19FN4. The van der Waals surface area contributed by atoms with Gasteiger partial charge in [-0.2, -0.15) is 0 Å². The molecule has 0 bridgehead atoms. The smallest absolute Gasteiger partial charge is 0.141 e. The van der Waals surface area contributed by atoms with Gasteiger partial charge in [-0.1, -0.05) is 13.8 Å². The second-order valence-corrected chi connectivity index (χ2v) is 5.19. The molecule has 0 aliphatic heterocycles. The Morgan fingerprint density at radius 1 is 1.37 bits per heavy atom. The highest BCUT2D eigenvalue weighted by molar-refractivity contribution is 5.57. The predicted octanol–water partition coefficient (Wildman–Crippen LogP) is 2.97. The van der Waals surface area contributed by atoms with Crippen LogP contribution in [0.5, 0.6) is 0 Å². The van der Waals surface area contributed by atoms with Crippen LogP contribution in [0.25, 0.3) is 11.4 Å². The lowest BCUT2D eigenvalue weighted by Gasteiger charge is -2.10. The molecule has 2 rings (SSSR count). The van der Waals surface area contributed by atoms with E-state index in [2.05, 4.69) is 28.8 Å². The van der Waals surface area contributed by atoms with Crippen LogP contribution in [0.4, 0.5) is 4.39 Å². The van der Waals surface area contributed by atoms with Gasteiger partial charge in [0.25, 0.3) is 0 Å². The lowest BCUT2D eigenvalue weighted by molar-refractivity contribution is 0.495. The first-order valence-electron chi connectivity index (χ1n) is 6.41. The molecule has 2 aromatic rings. The number of nitrogens with zero attached hydrogens (tertiary/aromatic N) is 2. The van der Waals surface area contributed by atoms with Crippen molar-refractivity contribution in [3.8, 4) is 11.4 Å². The van der Waals surface area contributed by atoms with E-state index in [0.717, 1.165) is 23.6 Å². The SMILES string of the molecule is Cc1[nH]c(C(N)CC(C)C)nc1-c1ccc(F)cn1. The molecule has 5 heteroatoms. The zero-order valence-corrected chi connectivity index (χ0v) is 11.4. The minimum atomic E-state index is -0.353. The number of halogens is 1. The molecule has 19 heavy (non-hydrogen) atoms. The molecule has 1 unspecified atom stereocenters. The molecule has 0 saturated carbocycles. The van der Waals surface area contributed by atoms with E-state index in [0.29, 0.717) is 11.6 Å². The highest BCUT2D eigenvalue weighted by Crippen LogP contribution is 2.23. The maximum atomic E-state index is 12.9. The first-order chi connectivity index (χ1) is 8.97. The average Bonchev–Trinajstić information content (AvgIpc) is 2.72. The van der Waals surface area contributed by atoms with Crippen LogP contribution < -0.4 is 5.73 Å². The molecule has 4 nitrogen and oxygen atoms in total. The Morgan fingerprint density at radius 2 is 2.11 bits per heavy atom. The fraction of sp³-hybridized carbons (Fsp3) is 0.429. The summed E-state index contributed by atoms with van der Waals surface area (Å²) in [6.07, 6.45) is 2.06. The maximum Gasteiger partial charge on any atom is 0.141 e. The monoisotopic (exact) mass is 262 g/mol. The number of rotatable bonds is 4. The quantitative estimate of drug-likeness (QED) is 0.890. The van der Waals surface area contributed by atoms with Gasteiger partial charge < -0.3 is 10.7 Å². The number of pyridine rings is 1. The molecule has 3 N–H and O–H groups in total. The molecule has 0 aromatic carbocycles. The number of imidazole rings is 1. The topological polar surface area (TPSA) is 67.6 Å². The Kier molecular flexibility index (Phi) is 3.95. The molecule has 0 saturated heterocycles. The molecular weight excluding hydrogens is 243 g/mol. The van der Waals surface area contributed by atoms with E-state index in [4.69, 9.17) is 5.73 Å². The molecule has 0 spiro atoms. The van der Waals surface area contributed by atoms with Gasteiger partial charge in [0.1, 0.15) is 17.3 Å². The van der Waals surface area contributed by atoms with Gasteiger partial charge >= 0.3 is 0 Å². The molecule has 0 fully saturated rings. The largest absolute Gasteiger partial charge is 0.344 e. The number of aromatic nitrogens is 3. The summed E-state index contributed by atoms with van der Waals surface area (Å²) in [6, 6.07) is 2.88. The van der Waals surface area contributed by atoms with Crippen molar-refractivity contribution in [2.24, 2.45) is 11.7 Å². The van der Waals surface area contributed by atoms with E-state index < -0.39 is 0 Å². The third kappa shape index (κ3) is 3.17. The van der Waals surface area contributed by atoms with Crippen molar-refractivity contribution in [3.63, 3.8) is 0 Å². The van der Waals surface area contributed by atoms with Crippen LogP contribution in [0.3, 0.4) is 0 Å². The van der Waals surface area contributed by atoms with Crippen molar-refractivity contribution in [2.75, 3.05) is 0 Å². The predicted molar refractivity (Wildman–Crippen MR) is 72.9 cm³/mol. The number of H-pyrrole nitrogens is 1. The summed E-state index contributed by atoms with van der Waals surface area (Å²) in [5.41, 5.74) is 8.38. The van der Waals surface area contributed by atoms with Crippen molar-refractivity contribution >= 4 is 0 Å². The zero-order valence-electron chi connectivity index (χ0n) is 11.4. The van der Waals surface area contributed by atoms with Crippen molar-refractivity contribution in [1.29, 1.82) is 0 Å². The fourth-order valence-corrected chi connectivity index (χ4v) is 2.04. The number of hydrogen-bond donors (Lipinski definition) is 2. The van der Waals surface area contributed by atoms with Gasteiger partial charge in [0.05, 0.1) is 17.9 Å². The molecule has 1 atom stereocenters. The summed E-state index contributed by atoms with van der Waals surface area (Å²) in [6.45, 7) is 6.16. The molecule has 0 radical (unpaired) electrons. The summed E-state index contributed by atoms with van der Waals surface area (Å²) >= 11 is 0. The van der Waals surface area contributed by atoms with Crippen LogP contribution in [-0.2, 0) is 0 Å². The minimum Gasteiger partial charge on any atom is -0.344 e. The van der Waals surface area contributed by atoms with Crippen LogP contribution in [0, 0.1) is 18.7 Å². The van der Waals surface area contributed by atoms with Crippen LogP contribution in [0.15, 0.2) is 18.3 Å². The lowest BCUT2D eigenvalue weighted by Crippen LogP contribution is -2.14. The van der Waals surface area contributed by atoms with E-state index in [-0.39, 0.29) is 11.9 Å². The van der Waals surface area contributed by atoms with Crippen LogP contribution in [0.2, 0.25) is 0 Å². The average molecular weight is 262 g/mol. The van der Waals surface area contributed by atoms with Crippen LogP contribution >= 0.6 is 0 Å². The Balaban J connectivity index is 2.28. The first kappa shape index (κ1) is 13.7. The molecule has 0 aliphatic rings. The van der Waals surface area contributed by atoms with Crippen LogP contribution in [-0.4, -0.2) is 15.0 Å². The molecule has 2 aromatic heterocycles. The van der Waals surface area contributed by atoms with Gasteiger partial charge in [0, 0.05) is 5.69 Å². The fourth-order valence-electron chi connectivity index (χ4n) is 2.04. The van der Waals surface area contributed by atoms with Gasteiger partial charge in [-0.15, -0.1) is 0 Å². The highest BCUT2D eigenvalue weighted by atomic mass is 19.1. The maximum absolute atomic E-state index is 12.9. The number of hydrogen-bond acceptors (Lipinski definition) is 3. The van der Waals surface area contributed by atoms with Gasteiger partial charge in [0.2, 0.25) is 0 Å². The van der Waals surface area contributed by atoms with Gasteiger partial charge in [-0.05, 0) is 31.4 Å². The van der Waals surface area contributed by atoms with E-state index in [9.17, 15) is 4.39 Å². The van der Waals surface area contributed by atoms with Crippen molar-refractivity contribution in [1.82, 2.24) is 15.0 Å². The van der Waals surface area contributed by atoms with Gasteiger partial charge in [-0.3, -0.25) is 4.98 Å². The number of nitrogens with two attached hydrogens (primary N) is 1. The Morgan fingerprint density at radius 3 is 2.68 bits per heavy atom. The number of nitrogens with one attached hydrogen (secondary N) is 1. The Labute approximate surface area is 112 Å². The van der Waals surface area contributed by atoms with E-state index in [1.165, 1.54) is 12.3 Å². The second-order valence-electron chi connectivity index (χ2n) is 5.19. The zero-order chi connectivity index (χ0) is 14.0. The van der Waals surface area contributed by atoms with Crippen LogP contribution in [0.1, 0.15) is 37.8 Å². The van der Waals surface area contributed by atoms with Gasteiger partial charge in [-0.25, -0.2) is 9.37 Å². The lowest BCUT2D eigenvalue weighted by atomic mass is 10.0. The summed E-state index contributed by atoms with van der Waals surface area (Å²) < 4.78 is 12.9. The number of aromatic amines is 1. The summed E-state index contributed by atoms with van der Waals surface area (Å²) in [5, 5.41) is 0. The van der Waals surface area contributed by atoms with E-state index >= 15 is 0 Å². The van der Waals surface area contributed by atoms with Gasteiger partial charge in [0.15, 0.2) is 0 Å². The normalized spacial score (nSPS) is 12.9. The molecule has 0 aliphatic carbocycles. The standard InChI is InChI=1S/C14H19FN4/c1-8(2)6-11(16)14-18-9(3)13(19-14)12-5-4-10(15)7-17-12/h4-5,7-8,11H,6,16H2,1-3H3,(H,18,19). The van der Waals surface area contributed by atoms with E-state index in [1.807, 2.05) is 6.92 Å². The molecule has 0 amide bonds. The van der Waals surface area contributed by atoms with Crippen molar-refractivity contribution in [2.45, 2.75) is 33.2 Å².